The van der Waals surface area contributed by atoms with Crippen LogP contribution in [0.15, 0.2) is 12.4 Å². The van der Waals surface area contributed by atoms with E-state index in [4.69, 9.17) is 0 Å². The Bertz CT molecular complexity index is 208. The minimum atomic E-state index is -2.55. The predicted molar refractivity (Wildman–Crippen MR) is 33.0 cm³/mol. The Kier molecular flexibility index (Phi) is 1.84. The number of hydrogen-bond donors (Lipinski definition) is 1. The van der Waals surface area contributed by atoms with Gasteiger partial charge in [-0.1, -0.05) is 0 Å². The molecule has 0 spiro atoms. The number of anilines is 1. The van der Waals surface area contributed by atoms with Gasteiger partial charge in [0.25, 0.3) is 0 Å². The summed E-state index contributed by atoms with van der Waals surface area (Å²) in [5.41, 5.74) is 0.584. The van der Waals surface area contributed by atoms with E-state index in [1.807, 2.05) is 0 Å². The van der Waals surface area contributed by atoms with Crippen molar-refractivity contribution in [3.8, 4) is 0 Å². The molecule has 0 aliphatic heterocycles. The van der Waals surface area contributed by atoms with Crippen molar-refractivity contribution in [1.82, 2.24) is 9.78 Å². The van der Waals surface area contributed by atoms with Gasteiger partial charge in [-0.05, 0) is 0 Å². The molecule has 10 heavy (non-hydrogen) atoms. The highest BCUT2D eigenvalue weighted by atomic mass is 19.3. The fourth-order valence-corrected chi connectivity index (χ4v) is 0.574. The van der Waals surface area contributed by atoms with E-state index < -0.39 is 6.55 Å². The second-order valence-electron chi connectivity index (χ2n) is 1.74. The van der Waals surface area contributed by atoms with Crippen molar-refractivity contribution >= 4 is 5.69 Å². The molecule has 0 aromatic carbocycles. The Morgan fingerprint density at radius 2 is 2.40 bits per heavy atom. The summed E-state index contributed by atoms with van der Waals surface area (Å²) >= 11 is 0. The standard InChI is InChI=1S/C5H7F2N3/c1-8-4-2-9-10(3-4)5(6)7/h2-3,5,8H,1H3. The molecule has 0 fully saturated rings. The summed E-state index contributed by atoms with van der Waals surface area (Å²) in [6.45, 7) is -2.55. The van der Waals surface area contributed by atoms with Crippen LogP contribution >= 0.6 is 0 Å². The van der Waals surface area contributed by atoms with Gasteiger partial charge >= 0.3 is 6.55 Å². The molecule has 0 saturated heterocycles. The first kappa shape index (κ1) is 6.98. The molecule has 0 aliphatic carbocycles. The molecule has 0 amide bonds. The number of nitrogens with zero attached hydrogens (tertiary/aromatic N) is 2. The zero-order chi connectivity index (χ0) is 7.56. The van der Waals surface area contributed by atoms with Crippen LogP contribution in [0.5, 0.6) is 0 Å². The zero-order valence-corrected chi connectivity index (χ0v) is 5.38. The maximum absolute atomic E-state index is 11.8. The quantitative estimate of drug-likeness (QED) is 0.683. The van der Waals surface area contributed by atoms with Gasteiger partial charge in [-0.2, -0.15) is 13.9 Å². The third-order valence-electron chi connectivity index (χ3n) is 1.09. The van der Waals surface area contributed by atoms with E-state index >= 15 is 0 Å². The molecule has 0 unspecified atom stereocenters. The van der Waals surface area contributed by atoms with Crippen LogP contribution in [0.3, 0.4) is 0 Å². The fourth-order valence-electron chi connectivity index (χ4n) is 0.574. The molecule has 0 radical (unpaired) electrons. The normalized spacial score (nSPS) is 10.4. The summed E-state index contributed by atoms with van der Waals surface area (Å²) in [5.74, 6) is 0. The SMILES string of the molecule is CNc1cnn(C(F)F)c1. The van der Waals surface area contributed by atoms with E-state index in [2.05, 4.69) is 10.4 Å². The number of hydrogen-bond acceptors (Lipinski definition) is 2. The Hall–Kier alpha value is -1.13. The molecule has 56 valence electrons. The van der Waals surface area contributed by atoms with E-state index in [0.717, 1.165) is 0 Å². The molecule has 0 aliphatic rings. The van der Waals surface area contributed by atoms with Gasteiger partial charge < -0.3 is 5.32 Å². The molecule has 1 N–H and O–H groups in total. The lowest BCUT2D eigenvalue weighted by Crippen LogP contribution is -1.97. The summed E-state index contributed by atoms with van der Waals surface area (Å²) in [7, 11) is 1.65. The molecular formula is C5H7F2N3. The average Bonchev–Trinajstić information content (AvgIpc) is 2.34. The van der Waals surface area contributed by atoms with Crippen molar-refractivity contribution < 1.29 is 8.78 Å². The molecule has 5 heteroatoms. The van der Waals surface area contributed by atoms with Crippen LogP contribution in [0.25, 0.3) is 0 Å². The lowest BCUT2D eigenvalue weighted by molar-refractivity contribution is 0.0566. The lowest BCUT2D eigenvalue weighted by atomic mass is 10.6. The van der Waals surface area contributed by atoms with Crippen LogP contribution in [0.1, 0.15) is 6.55 Å². The number of nitrogens with one attached hydrogen (secondary N) is 1. The molecule has 1 aromatic heterocycles. The number of rotatable bonds is 2. The van der Waals surface area contributed by atoms with Crippen molar-refractivity contribution in [2.75, 3.05) is 12.4 Å². The first-order chi connectivity index (χ1) is 4.74. The van der Waals surface area contributed by atoms with Gasteiger partial charge in [0.2, 0.25) is 0 Å². The summed E-state index contributed by atoms with van der Waals surface area (Å²) in [6.07, 6.45) is 2.58. The van der Waals surface area contributed by atoms with E-state index in [0.29, 0.717) is 10.4 Å². The number of halogens is 2. The van der Waals surface area contributed by atoms with Crippen molar-refractivity contribution in [1.29, 1.82) is 0 Å². The van der Waals surface area contributed by atoms with E-state index in [1.165, 1.54) is 12.4 Å². The average molecular weight is 147 g/mol. The van der Waals surface area contributed by atoms with Gasteiger partial charge in [-0.15, -0.1) is 0 Å². The number of alkyl halides is 2. The number of aromatic nitrogens is 2. The summed E-state index contributed by atoms with van der Waals surface area (Å²) in [5, 5.41) is 6.08. The van der Waals surface area contributed by atoms with E-state index in [9.17, 15) is 8.78 Å². The van der Waals surface area contributed by atoms with Crippen LogP contribution in [-0.2, 0) is 0 Å². The largest absolute Gasteiger partial charge is 0.386 e. The zero-order valence-electron chi connectivity index (χ0n) is 5.38. The van der Waals surface area contributed by atoms with Crippen LogP contribution in [0.2, 0.25) is 0 Å². The second kappa shape index (κ2) is 2.64. The topological polar surface area (TPSA) is 29.9 Å². The van der Waals surface area contributed by atoms with Crippen LogP contribution in [0, 0.1) is 0 Å². The van der Waals surface area contributed by atoms with Crippen LogP contribution in [0.4, 0.5) is 14.5 Å². The summed E-state index contributed by atoms with van der Waals surface area (Å²) in [4.78, 5) is 0. The molecular weight excluding hydrogens is 140 g/mol. The minimum absolute atomic E-state index is 0.584. The van der Waals surface area contributed by atoms with Crippen LogP contribution in [-0.4, -0.2) is 16.8 Å². The minimum Gasteiger partial charge on any atom is -0.386 e. The highest BCUT2D eigenvalue weighted by Crippen LogP contribution is 2.11. The van der Waals surface area contributed by atoms with Crippen molar-refractivity contribution in [3.63, 3.8) is 0 Å². The second-order valence-corrected chi connectivity index (χ2v) is 1.74. The van der Waals surface area contributed by atoms with Gasteiger partial charge in [-0.25, -0.2) is 4.68 Å². The fraction of sp³-hybridized carbons (Fsp3) is 0.400. The molecule has 0 saturated carbocycles. The maximum atomic E-state index is 11.8. The lowest BCUT2D eigenvalue weighted by Gasteiger charge is -1.94. The van der Waals surface area contributed by atoms with Crippen molar-refractivity contribution in [3.05, 3.63) is 12.4 Å². The molecule has 1 aromatic rings. The molecule has 1 rings (SSSR count). The van der Waals surface area contributed by atoms with Gasteiger partial charge in [-0.3, -0.25) is 0 Å². The Balaban J connectivity index is 2.78. The van der Waals surface area contributed by atoms with Crippen molar-refractivity contribution in [2.45, 2.75) is 6.55 Å². The first-order valence-corrected chi connectivity index (χ1v) is 2.74. The highest BCUT2D eigenvalue weighted by molar-refractivity contribution is 5.36. The smallest absolute Gasteiger partial charge is 0.333 e. The van der Waals surface area contributed by atoms with Gasteiger partial charge in [0, 0.05) is 7.05 Å². The van der Waals surface area contributed by atoms with E-state index in [1.54, 1.807) is 7.05 Å². The maximum Gasteiger partial charge on any atom is 0.333 e. The molecule has 3 nitrogen and oxygen atoms in total. The summed E-state index contributed by atoms with van der Waals surface area (Å²) in [6, 6.07) is 0. The Morgan fingerprint density at radius 1 is 1.70 bits per heavy atom. The van der Waals surface area contributed by atoms with Gasteiger partial charge in [0.1, 0.15) is 0 Å². The summed E-state index contributed by atoms with van der Waals surface area (Å²) < 4.78 is 24.2. The monoisotopic (exact) mass is 147 g/mol. The molecule has 1 heterocycles. The van der Waals surface area contributed by atoms with Crippen molar-refractivity contribution in [2.24, 2.45) is 0 Å². The van der Waals surface area contributed by atoms with Gasteiger partial charge in [0.15, 0.2) is 0 Å². The Labute approximate surface area is 56.6 Å². The van der Waals surface area contributed by atoms with E-state index in [-0.39, 0.29) is 0 Å². The van der Waals surface area contributed by atoms with Crippen LogP contribution < -0.4 is 5.32 Å². The molecule has 0 bridgehead atoms. The highest BCUT2D eigenvalue weighted by Gasteiger charge is 2.05. The third-order valence-corrected chi connectivity index (χ3v) is 1.09. The Morgan fingerprint density at radius 3 is 2.70 bits per heavy atom. The predicted octanol–water partition coefficient (Wildman–Crippen LogP) is 1.32. The molecule has 0 atom stereocenters. The van der Waals surface area contributed by atoms with Gasteiger partial charge in [0.05, 0.1) is 18.1 Å². The first-order valence-electron chi connectivity index (χ1n) is 2.74. The third kappa shape index (κ3) is 1.23.